The number of ether oxygens (including phenoxy) is 1. The van der Waals surface area contributed by atoms with Crippen LogP contribution >= 0.6 is 27.3 Å². The van der Waals surface area contributed by atoms with Crippen molar-refractivity contribution >= 4 is 27.3 Å². The molecule has 1 fully saturated rings. The zero-order chi connectivity index (χ0) is 14.1. The van der Waals surface area contributed by atoms with Gasteiger partial charge in [-0.2, -0.15) is 0 Å². The van der Waals surface area contributed by atoms with Crippen molar-refractivity contribution in [3.05, 3.63) is 38.6 Å². The van der Waals surface area contributed by atoms with Gasteiger partial charge in [0, 0.05) is 28.0 Å². The van der Waals surface area contributed by atoms with Gasteiger partial charge in [0.25, 0.3) is 0 Å². The highest BCUT2D eigenvalue weighted by Crippen LogP contribution is 2.33. The van der Waals surface area contributed by atoms with E-state index in [-0.39, 0.29) is 6.10 Å². The summed E-state index contributed by atoms with van der Waals surface area (Å²) >= 11 is 5.27. The van der Waals surface area contributed by atoms with E-state index in [0.29, 0.717) is 0 Å². The Morgan fingerprint density at radius 3 is 3.05 bits per heavy atom. The van der Waals surface area contributed by atoms with Crippen molar-refractivity contribution in [1.29, 1.82) is 0 Å². The third-order valence-electron chi connectivity index (χ3n) is 3.46. The maximum Gasteiger partial charge on any atom is 0.124 e. The predicted molar refractivity (Wildman–Crippen MR) is 86.2 cm³/mol. The van der Waals surface area contributed by atoms with Crippen molar-refractivity contribution in [2.24, 2.45) is 0 Å². The van der Waals surface area contributed by atoms with Gasteiger partial charge in [-0.1, -0.05) is 28.1 Å². The molecule has 0 bridgehead atoms. The van der Waals surface area contributed by atoms with E-state index >= 15 is 0 Å². The molecule has 0 radical (unpaired) electrons. The van der Waals surface area contributed by atoms with Crippen LogP contribution in [0.2, 0.25) is 0 Å². The number of likely N-dealkylation sites (N-methyl/N-ethyl adjacent to an activating group) is 1. The van der Waals surface area contributed by atoms with Crippen molar-refractivity contribution in [1.82, 2.24) is 9.88 Å². The number of aryl methyl sites for hydroxylation is 1. The minimum atomic E-state index is 0.110. The second kappa shape index (κ2) is 5.93. The van der Waals surface area contributed by atoms with Crippen LogP contribution in [-0.2, 0) is 4.74 Å². The fourth-order valence-electron chi connectivity index (χ4n) is 2.39. The number of morpholine rings is 1. The SMILES string of the molecule is Cc1sc(C2CN(C)CCO2)nc1-c1cccc(Br)c1. The summed E-state index contributed by atoms with van der Waals surface area (Å²) in [7, 11) is 2.13. The van der Waals surface area contributed by atoms with Crippen molar-refractivity contribution in [2.75, 3.05) is 26.7 Å². The predicted octanol–water partition coefficient (Wildman–Crippen LogP) is 3.88. The van der Waals surface area contributed by atoms with Crippen LogP contribution in [0.3, 0.4) is 0 Å². The fourth-order valence-corrected chi connectivity index (χ4v) is 3.77. The van der Waals surface area contributed by atoms with E-state index in [1.165, 1.54) is 4.88 Å². The van der Waals surface area contributed by atoms with Gasteiger partial charge in [0.2, 0.25) is 0 Å². The van der Waals surface area contributed by atoms with Crippen LogP contribution in [0.5, 0.6) is 0 Å². The molecule has 1 saturated heterocycles. The minimum Gasteiger partial charge on any atom is -0.368 e. The number of rotatable bonds is 2. The van der Waals surface area contributed by atoms with Crippen LogP contribution in [0.15, 0.2) is 28.7 Å². The van der Waals surface area contributed by atoms with E-state index in [2.05, 4.69) is 46.9 Å². The number of benzene rings is 1. The fraction of sp³-hybridized carbons (Fsp3) is 0.400. The standard InChI is InChI=1S/C15H17BrN2OS/c1-10-14(11-4-3-5-12(16)8-11)17-15(20-10)13-9-18(2)6-7-19-13/h3-5,8,13H,6-7,9H2,1-2H3. The number of hydrogen-bond donors (Lipinski definition) is 0. The Labute approximate surface area is 131 Å². The van der Waals surface area contributed by atoms with Crippen LogP contribution in [0.4, 0.5) is 0 Å². The summed E-state index contributed by atoms with van der Waals surface area (Å²) in [6.45, 7) is 4.83. The Kier molecular flexibility index (Phi) is 4.21. The first-order chi connectivity index (χ1) is 9.63. The quantitative estimate of drug-likeness (QED) is 0.819. The monoisotopic (exact) mass is 352 g/mol. The molecule has 1 aliphatic rings. The molecule has 5 heteroatoms. The maximum atomic E-state index is 5.86. The average molecular weight is 353 g/mol. The number of nitrogens with zero attached hydrogens (tertiary/aromatic N) is 2. The molecule has 1 unspecified atom stereocenters. The zero-order valence-electron chi connectivity index (χ0n) is 11.6. The number of halogens is 1. The number of hydrogen-bond acceptors (Lipinski definition) is 4. The summed E-state index contributed by atoms with van der Waals surface area (Å²) in [6.07, 6.45) is 0.110. The molecule has 0 spiro atoms. The van der Waals surface area contributed by atoms with Crippen molar-refractivity contribution in [2.45, 2.75) is 13.0 Å². The molecule has 2 heterocycles. The van der Waals surface area contributed by atoms with Gasteiger partial charge in [0.1, 0.15) is 11.1 Å². The van der Waals surface area contributed by atoms with Gasteiger partial charge in [0.05, 0.1) is 12.3 Å². The largest absolute Gasteiger partial charge is 0.368 e. The Bertz CT molecular complexity index is 614. The Balaban J connectivity index is 1.91. The molecular formula is C15H17BrN2OS. The lowest BCUT2D eigenvalue weighted by atomic mass is 10.1. The van der Waals surface area contributed by atoms with Crippen molar-refractivity contribution in [3.8, 4) is 11.3 Å². The summed E-state index contributed by atoms with van der Waals surface area (Å²) in [5.74, 6) is 0. The molecule has 3 nitrogen and oxygen atoms in total. The molecule has 2 aromatic rings. The van der Waals surface area contributed by atoms with E-state index in [9.17, 15) is 0 Å². The van der Waals surface area contributed by atoms with E-state index in [0.717, 1.165) is 40.4 Å². The van der Waals surface area contributed by atoms with Crippen LogP contribution in [0.1, 0.15) is 16.0 Å². The zero-order valence-corrected chi connectivity index (χ0v) is 14.0. The van der Waals surface area contributed by atoms with Crippen LogP contribution in [0, 0.1) is 6.92 Å². The Hall–Kier alpha value is -0.750. The molecule has 106 valence electrons. The molecule has 0 saturated carbocycles. The third-order valence-corrected chi connectivity index (χ3v) is 5.01. The van der Waals surface area contributed by atoms with Crippen molar-refractivity contribution < 1.29 is 4.74 Å². The van der Waals surface area contributed by atoms with Gasteiger partial charge >= 0.3 is 0 Å². The average Bonchev–Trinajstić information content (AvgIpc) is 2.81. The second-order valence-corrected chi connectivity index (χ2v) is 7.24. The lowest BCUT2D eigenvalue weighted by Crippen LogP contribution is -2.35. The van der Waals surface area contributed by atoms with Gasteiger partial charge in [-0.25, -0.2) is 4.98 Å². The first-order valence-corrected chi connectivity index (χ1v) is 8.28. The summed E-state index contributed by atoms with van der Waals surface area (Å²) < 4.78 is 6.94. The van der Waals surface area contributed by atoms with Gasteiger partial charge in [-0.3, -0.25) is 0 Å². The van der Waals surface area contributed by atoms with Crippen molar-refractivity contribution in [3.63, 3.8) is 0 Å². The van der Waals surface area contributed by atoms with E-state index in [4.69, 9.17) is 9.72 Å². The van der Waals surface area contributed by atoms with E-state index in [1.807, 2.05) is 12.1 Å². The van der Waals surface area contributed by atoms with E-state index < -0.39 is 0 Å². The van der Waals surface area contributed by atoms with Gasteiger partial charge in [-0.05, 0) is 26.1 Å². The first kappa shape index (κ1) is 14.2. The molecule has 1 aliphatic heterocycles. The van der Waals surface area contributed by atoms with Gasteiger partial charge < -0.3 is 9.64 Å². The Morgan fingerprint density at radius 1 is 1.45 bits per heavy atom. The lowest BCUT2D eigenvalue weighted by molar-refractivity contribution is -0.0209. The maximum absolute atomic E-state index is 5.86. The molecule has 0 amide bonds. The molecule has 0 N–H and O–H groups in total. The molecule has 3 rings (SSSR count). The smallest absolute Gasteiger partial charge is 0.124 e. The minimum absolute atomic E-state index is 0.110. The van der Waals surface area contributed by atoms with Gasteiger partial charge in [-0.15, -0.1) is 11.3 Å². The Morgan fingerprint density at radius 2 is 2.30 bits per heavy atom. The second-order valence-electron chi connectivity index (χ2n) is 5.09. The van der Waals surface area contributed by atoms with E-state index in [1.54, 1.807) is 11.3 Å². The number of thiazole rings is 1. The van der Waals surface area contributed by atoms with Crippen LogP contribution in [0.25, 0.3) is 11.3 Å². The highest BCUT2D eigenvalue weighted by Gasteiger charge is 2.23. The summed E-state index contributed by atoms with van der Waals surface area (Å²) in [5, 5.41) is 1.09. The topological polar surface area (TPSA) is 25.4 Å². The molecule has 20 heavy (non-hydrogen) atoms. The van der Waals surface area contributed by atoms with Crippen LogP contribution in [-0.4, -0.2) is 36.6 Å². The normalized spacial score (nSPS) is 20.2. The molecule has 1 atom stereocenters. The third kappa shape index (κ3) is 2.96. The first-order valence-electron chi connectivity index (χ1n) is 6.67. The summed E-state index contributed by atoms with van der Waals surface area (Å²) in [6, 6.07) is 8.29. The number of aromatic nitrogens is 1. The molecule has 0 aliphatic carbocycles. The highest BCUT2D eigenvalue weighted by atomic mass is 79.9. The van der Waals surface area contributed by atoms with Gasteiger partial charge in [0.15, 0.2) is 0 Å². The molecule has 1 aromatic heterocycles. The lowest BCUT2D eigenvalue weighted by Gasteiger charge is -2.28. The molecular weight excluding hydrogens is 336 g/mol. The summed E-state index contributed by atoms with van der Waals surface area (Å²) in [5.41, 5.74) is 2.23. The van der Waals surface area contributed by atoms with Crippen LogP contribution < -0.4 is 0 Å². The summed E-state index contributed by atoms with van der Waals surface area (Å²) in [4.78, 5) is 8.37. The molecule has 1 aromatic carbocycles. The highest BCUT2D eigenvalue weighted by molar-refractivity contribution is 9.10.